The molecule has 0 fully saturated rings. The summed E-state index contributed by atoms with van der Waals surface area (Å²) in [7, 11) is -2.94. The summed E-state index contributed by atoms with van der Waals surface area (Å²) in [4.78, 5) is 0. The van der Waals surface area contributed by atoms with Gasteiger partial charge in [-0.3, -0.25) is 0 Å². The molecule has 0 aliphatic carbocycles. The summed E-state index contributed by atoms with van der Waals surface area (Å²) in [6.07, 6.45) is 15.9. The van der Waals surface area contributed by atoms with E-state index in [9.17, 15) is 0 Å². The van der Waals surface area contributed by atoms with E-state index in [-0.39, 0.29) is 0 Å². The summed E-state index contributed by atoms with van der Waals surface area (Å²) in [5, 5.41) is 0. The molecule has 0 saturated carbocycles. The molecule has 0 aromatic heterocycles. The molecule has 0 aliphatic rings. The first kappa shape index (κ1) is 25.3. The Balaban J connectivity index is 4.04. The first-order chi connectivity index (χ1) is 11.8. The van der Waals surface area contributed by atoms with Gasteiger partial charge in [0.2, 0.25) is 0 Å². The maximum atomic E-state index is 6.76. The van der Waals surface area contributed by atoms with Crippen molar-refractivity contribution in [3.63, 3.8) is 0 Å². The van der Waals surface area contributed by atoms with Crippen LogP contribution in [0.1, 0.15) is 77.0 Å². The molecule has 0 spiro atoms. The predicted octanol–water partition coefficient (Wildman–Crippen LogP) is 6.01. The van der Waals surface area contributed by atoms with Crippen molar-refractivity contribution in [1.29, 1.82) is 0 Å². The number of hydrogen-bond acceptors (Lipinski definition) is 3. The number of hydrogen-bond donors (Lipinski definition) is 2. The summed E-state index contributed by atoms with van der Waals surface area (Å²) in [5.74, 6) is 0. The molecule has 4 N–H and O–H groups in total. The molecule has 0 bridgehead atoms. The number of unbranched alkanes of at least 4 members (excludes halogenated alkanes) is 10. The molecule has 0 saturated heterocycles. The highest BCUT2D eigenvalue weighted by molar-refractivity contribution is 6.84. The summed E-state index contributed by atoms with van der Waals surface area (Å²) in [5.41, 5.74) is 11.1. The van der Waals surface area contributed by atoms with Crippen LogP contribution in [0.3, 0.4) is 0 Å². The van der Waals surface area contributed by atoms with Crippen molar-refractivity contribution in [2.45, 2.75) is 115 Å². The fourth-order valence-electron chi connectivity index (χ4n) is 3.67. The molecule has 0 unspecified atom stereocenters. The standard InChI is InChI=1S/C20H48N2OSi2/c1-24(2,3)23-25(4,19-15-11-7-5-9-13-17-21)20-16-12-8-6-10-14-18-22/h5-22H2,1-4H3. The van der Waals surface area contributed by atoms with E-state index in [0.29, 0.717) is 0 Å². The smallest absolute Gasteiger partial charge is 0.176 e. The van der Waals surface area contributed by atoms with Gasteiger partial charge < -0.3 is 15.6 Å². The molecule has 0 aromatic carbocycles. The predicted molar refractivity (Wildman–Crippen MR) is 119 cm³/mol. The fraction of sp³-hybridized carbons (Fsp3) is 1.00. The van der Waals surface area contributed by atoms with Crippen molar-refractivity contribution < 1.29 is 4.12 Å². The van der Waals surface area contributed by atoms with E-state index in [1.807, 2.05) is 0 Å². The molecule has 0 amide bonds. The minimum atomic E-state index is -1.51. The van der Waals surface area contributed by atoms with Gasteiger partial charge in [0.25, 0.3) is 0 Å². The van der Waals surface area contributed by atoms with Crippen molar-refractivity contribution in [2.75, 3.05) is 13.1 Å². The topological polar surface area (TPSA) is 61.3 Å². The van der Waals surface area contributed by atoms with Crippen molar-refractivity contribution in [3.05, 3.63) is 0 Å². The minimum Gasteiger partial charge on any atom is -0.456 e. The first-order valence-corrected chi connectivity index (χ1v) is 17.2. The lowest BCUT2D eigenvalue weighted by Gasteiger charge is -2.35. The van der Waals surface area contributed by atoms with Gasteiger partial charge >= 0.3 is 0 Å². The zero-order valence-electron chi connectivity index (χ0n) is 17.9. The second-order valence-electron chi connectivity index (χ2n) is 8.98. The third-order valence-electron chi connectivity index (χ3n) is 4.87. The molecule has 3 nitrogen and oxygen atoms in total. The van der Waals surface area contributed by atoms with Gasteiger partial charge in [-0.25, -0.2) is 0 Å². The molecule has 0 rings (SSSR count). The Bertz CT molecular complexity index is 278. The first-order valence-electron chi connectivity index (χ1n) is 10.9. The SMILES string of the molecule is C[Si](C)(C)O[Si](C)(CCCCCCCCN)CCCCCCCCN. The Labute approximate surface area is 160 Å². The van der Waals surface area contributed by atoms with Crippen molar-refractivity contribution in [2.24, 2.45) is 11.5 Å². The maximum Gasteiger partial charge on any atom is 0.176 e. The van der Waals surface area contributed by atoms with Crippen LogP contribution < -0.4 is 11.5 Å². The van der Waals surface area contributed by atoms with Gasteiger partial charge in [0.1, 0.15) is 0 Å². The second-order valence-corrected chi connectivity index (χ2v) is 17.9. The minimum absolute atomic E-state index is 0.848. The normalized spacial score (nSPS) is 12.7. The molecule has 152 valence electrons. The van der Waals surface area contributed by atoms with Crippen molar-refractivity contribution in [1.82, 2.24) is 0 Å². The van der Waals surface area contributed by atoms with E-state index in [1.54, 1.807) is 0 Å². The lowest BCUT2D eigenvalue weighted by molar-refractivity contribution is 0.515. The van der Waals surface area contributed by atoms with Gasteiger partial charge in [0.15, 0.2) is 16.6 Å². The molecule has 5 heteroatoms. The highest BCUT2D eigenvalue weighted by Crippen LogP contribution is 2.28. The Morgan fingerprint density at radius 2 is 0.840 bits per heavy atom. The van der Waals surface area contributed by atoms with Crippen LogP contribution in [-0.4, -0.2) is 29.7 Å². The zero-order valence-corrected chi connectivity index (χ0v) is 19.9. The molecular weight excluding hydrogens is 340 g/mol. The average Bonchev–Trinajstić information content (AvgIpc) is 2.51. The summed E-state index contributed by atoms with van der Waals surface area (Å²) >= 11 is 0. The van der Waals surface area contributed by atoms with Gasteiger partial charge in [-0.2, -0.15) is 0 Å². The Morgan fingerprint density at radius 3 is 1.16 bits per heavy atom. The van der Waals surface area contributed by atoms with Gasteiger partial charge in [-0.15, -0.1) is 0 Å². The van der Waals surface area contributed by atoms with E-state index in [4.69, 9.17) is 15.6 Å². The van der Waals surface area contributed by atoms with E-state index < -0.39 is 16.6 Å². The summed E-state index contributed by atoms with van der Waals surface area (Å²) < 4.78 is 6.76. The summed E-state index contributed by atoms with van der Waals surface area (Å²) in [6.45, 7) is 11.3. The number of nitrogens with two attached hydrogens (primary N) is 2. The molecule has 0 heterocycles. The largest absolute Gasteiger partial charge is 0.456 e. The van der Waals surface area contributed by atoms with E-state index >= 15 is 0 Å². The number of rotatable bonds is 18. The molecule has 0 atom stereocenters. The van der Waals surface area contributed by atoms with Crippen LogP contribution in [0.25, 0.3) is 0 Å². The van der Waals surface area contributed by atoms with Crippen LogP contribution in [0, 0.1) is 0 Å². The molecular formula is C20H48N2OSi2. The van der Waals surface area contributed by atoms with E-state index in [2.05, 4.69) is 26.2 Å². The third-order valence-corrected chi connectivity index (χ3v) is 12.1. The van der Waals surface area contributed by atoms with Crippen LogP contribution >= 0.6 is 0 Å². The Hall–Kier alpha value is 0.314. The zero-order chi connectivity index (χ0) is 19.0. The van der Waals surface area contributed by atoms with E-state index in [1.165, 1.54) is 89.1 Å². The van der Waals surface area contributed by atoms with Crippen LogP contribution in [-0.2, 0) is 4.12 Å². The Kier molecular flexibility index (Phi) is 15.6. The van der Waals surface area contributed by atoms with Gasteiger partial charge in [0, 0.05) is 0 Å². The highest BCUT2D eigenvalue weighted by Gasteiger charge is 2.33. The van der Waals surface area contributed by atoms with Crippen LogP contribution in [0.15, 0.2) is 0 Å². The van der Waals surface area contributed by atoms with Gasteiger partial charge in [-0.1, -0.05) is 64.2 Å². The molecule has 0 aromatic rings. The average molecular weight is 389 g/mol. The molecule has 0 radical (unpaired) electrons. The second kappa shape index (κ2) is 15.4. The van der Waals surface area contributed by atoms with Crippen molar-refractivity contribution >= 4 is 16.6 Å². The lowest BCUT2D eigenvalue weighted by atomic mass is 10.1. The van der Waals surface area contributed by atoms with Crippen molar-refractivity contribution in [3.8, 4) is 0 Å². The van der Waals surface area contributed by atoms with Gasteiger partial charge in [-0.05, 0) is 64.2 Å². The lowest BCUT2D eigenvalue weighted by Crippen LogP contribution is -2.44. The van der Waals surface area contributed by atoms with E-state index in [0.717, 1.165) is 13.1 Å². The maximum absolute atomic E-state index is 6.76. The quantitative estimate of drug-likeness (QED) is 0.223. The fourth-order valence-corrected chi connectivity index (χ4v) is 12.6. The monoisotopic (exact) mass is 388 g/mol. The van der Waals surface area contributed by atoms with Crippen LogP contribution in [0.5, 0.6) is 0 Å². The third kappa shape index (κ3) is 17.5. The van der Waals surface area contributed by atoms with Crippen LogP contribution in [0.4, 0.5) is 0 Å². The Morgan fingerprint density at radius 1 is 0.520 bits per heavy atom. The highest BCUT2D eigenvalue weighted by atomic mass is 28.4. The molecule has 25 heavy (non-hydrogen) atoms. The summed E-state index contributed by atoms with van der Waals surface area (Å²) in [6, 6.07) is 2.72. The van der Waals surface area contributed by atoms with Crippen LogP contribution in [0.2, 0.25) is 38.3 Å². The van der Waals surface area contributed by atoms with Gasteiger partial charge in [0.05, 0.1) is 0 Å². The molecule has 0 aliphatic heterocycles.